The molecular weight excluding hydrogens is 192 g/mol. The van der Waals surface area contributed by atoms with E-state index in [9.17, 15) is 0 Å². The molecule has 1 rings (SSSR count). The largest absolute Gasteiger partial charge is 0.0912 e. The first-order chi connectivity index (χ1) is 7.55. The van der Waals surface area contributed by atoms with Gasteiger partial charge in [0.25, 0.3) is 0 Å². The van der Waals surface area contributed by atoms with Crippen LogP contribution in [0, 0.1) is 5.41 Å². The van der Waals surface area contributed by atoms with Crippen molar-refractivity contribution in [1.82, 2.24) is 0 Å². The van der Waals surface area contributed by atoms with E-state index in [2.05, 4.69) is 56.9 Å². The molecule has 0 aliphatic heterocycles. The number of benzene rings is 1. The van der Waals surface area contributed by atoms with Gasteiger partial charge >= 0.3 is 0 Å². The van der Waals surface area contributed by atoms with Gasteiger partial charge in [0.05, 0.1) is 0 Å². The van der Waals surface area contributed by atoms with E-state index in [1.807, 2.05) is 25.1 Å². The zero-order chi connectivity index (χ0) is 12.0. The molecule has 0 heterocycles. The van der Waals surface area contributed by atoms with Gasteiger partial charge in [-0.15, -0.1) is 0 Å². The minimum Gasteiger partial charge on any atom is -0.0912 e. The van der Waals surface area contributed by atoms with Crippen molar-refractivity contribution in [2.75, 3.05) is 0 Å². The van der Waals surface area contributed by atoms with Crippen LogP contribution in [0.1, 0.15) is 26.3 Å². The number of rotatable bonds is 4. The Balaban J connectivity index is 2.76. The van der Waals surface area contributed by atoms with Crippen molar-refractivity contribution < 1.29 is 0 Å². The summed E-state index contributed by atoms with van der Waals surface area (Å²) in [6, 6.07) is 10.2. The van der Waals surface area contributed by atoms with Gasteiger partial charge in [0, 0.05) is 5.41 Å². The summed E-state index contributed by atoms with van der Waals surface area (Å²) in [6.07, 6.45) is 8.54. The van der Waals surface area contributed by atoms with Crippen molar-refractivity contribution in [2.45, 2.75) is 20.8 Å². The topological polar surface area (TPSA) is 0 Å². The molecule has 16 heavy (non-hydrogen) atoms. The molecule has 0 spiro atoms. The third-order valence-electron chi connectivity index (χ3n) is 2.45. The highest BCUT2D eigenvalue weighted by atomic mass is 14.1. The lowest BCUT2D eigenvalue weighted by Crippen LogP contribution is -2.01. The third-order valence-corrected chi connectivity index (χ3v) is 2.45. The molecule has 0 bridgehead atoms. The molecule has 0 aliphatic rings. The van der Waals surface area contributed by atoms with Crippen molar-refractivity contribution in [3.63, 3.8) is 0 Å². The fourth-order valence-corrected chi connectivity index (χ4v) is 1.55. The van der Waals surface area contributed by atoms with E-state index in [4.69, 9.17) is 0 Å². The van der Waals surface area contributed by atoms with Crippen LogP contribution < -0.4 is 0 Å². The Bertz CT molecular complexity index is 391. The average molecular weight is 212 g/mol. The van der Waals surface area contributed by atoms with Gasteiger partial charge in [-0.3, -0.25) is 0 Å². The summed E-state index contributed by atoms with van der Waals surface area (Å²) in [5.41, 5.74) is 2.32. The first-order valence-electron chi connectivity index (χ1n) is 5.62. The van der Waals surface area contributed by atoms with Crippen LogP contribution in [-0.2, 0) is 0 Å². The quantitative estimate of drug-likeness (QED) is 0.494. The highest BCUT2D eigenvalue weighted by Gasteiger charge is 2.07. The Morgan fingerprint density at radius 1 is 1.12 bits per heavy atom. The Morgan fingerprint density at radius 2 is 1.75 bits per heavy atom. The minimum absolute atomic E-state index is 0.0898. The van der Waals surface area contributed by atoms with Crippen molar-refractivity contribution in [1.29, 1.82) is 0 Å². The van der Waals surface area contributed by atoms with E-state index in [0.717, 1.165) is 5.57 Å². The molecule has 0 atom stereocenters. The summed E-state index contributed by atoms with van der Waals surface area (Å²) in [6.45, 7) is 10.5. The van der Waals surface area contributed by atoms with Crippen LogP contribution >= 0.6 is 0 Å². The van der Waals surface area contributed by atoms with E-state index < -0.39 is 0 Å². The lowest BCUT2D eigenvalue weighted by Gasteiger charge is -2.14. The van der Waals surface area contributed by atoms with Crippen molar-refractivity contribution in [3.8, 4) is 0 Å². The maximum Gasteiger partial charge on any atom is 0.000762 e. The summed E-state index contributed by atoms with van der Waals surface area (Å²) in [7, 11) is 0. The first-order valence-corrected chi connectivity index (χ1v) is 5.62. The van der Waals surface area contributed by atoms with E-state index in [1.165, 1.54) is 5.56 Å². The van der Waals surface area contributed by atoms with Crippen LogP contribution in [0.4, 0.5) is 0 Å². The highest BCUT2D eigenvalue weighted by Crippen LogP contribution is 2.22. The predicted molar refractivity (Wildman–Crippen MR) is 73.2 cm³/mol. The van der Waals surface area contributed by atoms with E-state index in [0.29, 0.717) is 0 Å². The third kappa shape index (κ3) is 3.90. The second-order valence-corrected chi connectivity index (χ2v) is 4.55. The van der Waals surface area contributed by atoms with E-state index >= 15 is 0 Å². The molecular formula is C16H20. The minimum atomic E-state index is 0.0898. The Kier molecular flexibility index (Phi) is 4.30. The summed E-state index contributed by atoms with van der Waals surface area (Å²) >= 11 is 0. The summed E-state index contributed by atoms with van der Waals surface area (Å²) in [4.78, 5) is 0. The Labute approximate surface area is 99.0 Å². The highest BCUT2D eigenvalue weighted by molar-refractivity contribution is 5.71. The second-order valence-electron chi connectivity index (χ2n) is 4.55. The molecule has 0 radical (unpaired) electrons. The zero-order valence-electron chi connectivity index (χ0n) is 10.4. The van der Waals surface area contributed by atoms with Gasteiger partial charge in [-0.05, 0) is 18.1 Å². The van der Waals surface area contributed by atoms with Gasteiger partial charge < -0.3 is 0 Å². The molecule has 0 aromatic heterocycles. The SMILES string of the molecule is C=C(/C=C\C(C)(C)/C=C\C)c1ccccc1. The number of allylic oxidation sites excluding steroid dienone is 5. The molecule has 0 saturated heterocycles. The van der Waals surface area contributed by atoms with E-state index in [-0.39, 0.29) is 5.41 Å². The fraction of sp³-hybridized carbons (Fsp3) is 0.250. The van der Waals surface area contributed by atoms with Gasteiger partial charge in [-0.2, -0.15) is 0 Å². The monoisotopic (exact) mass is 212 g/mol. The molecule has 0 aliphatic carbocycles. The van der Waals surface area contributed by atoms with Crippen LogP contribution in [-0.4, -0.2) is 0 Å². The van der Waals surface area contributed by atoms with Gasteiger partial charge in [-0.1, -0.05) is 75.1 Å². The molecule has 84 valence electrons. The maximum atomic E-state index is 4.08. The number of hydrogen-bond acceptors (Lipinski definition) is 0. The van der Waals surface area contributed by atoms with Crippen molar-refractivity contribution in [2.24, 2.45) is 5.41 Å². The summed E-state index contributed by atoms with van der Waals surface area (Å²) < 4.78 is 0. The molecule has 0 saturated carbocycles. The molecule has 1 aromatic carbocycles. The maximum absolute atomic E-state index is 4.08. The molecule has 0 heteroatoms. The lowest BCUT2D eigenvalue weighted by atomic mass is 9.91. The normalized spacial score (nSPS) is 12.4. The van der Waals surface area contributed by atoms with E-state index in [1.54, 1.807) is 0 Å². The molecule has 0 nitrogen and oxygen atoms in total. The Morgan fingerprint density at radius 3 is 2.31 bits per heavy atom. The predicted octanol–water partition coefficient (Wildman–Crippen LogP) is 4.86. The smallest absolute Gasteiger partial charge is 0.000762 e. The number of hydrogen-bond donors (Lipinski definition) is 0. The van der Waals surface area contributed by atoms with Crippen molar-refractivity contribution >= 4 is 5.57 Å². The Hall–Kier alpha value is -1.56. The van der Waals surface area contributed by atoms with Gasteiger partial charge in [0.2, 0.25) is 0 Å². The lowest BCUT2D eigenvalue weighted by molar-refractivity contribution is 0.625. The van der Waals surface area contributed by atoms with Gasteiger partial charge in [0.1, 0.15) is 0 Å². The molecule has 0 amide bonds. The molecule has 0 unspecified atom stereocenters. The molecule has 1 aromatic rings. The van der Waals surface area contributed by atoms with Gasteiger partial charge in [0.15, 0.2) is 0 Å². The fourth-order valence-electron chi connectivity index (χ4n) is 1.55. The first kappa shape index (κ1) is 12.5. The molecule has 0 fully saturated rings. The summed E-state index contributed by atoms with van der Waals surface area (Å²) in [5.74, 6) is 0. The van der Waals surface area contributed by atoms with Crippen LogP contribution in [0.3, 0.4) is 0 Å². The zero-order valence-corrected chi connectivity index (χ0v) is 10.4. The van der Waals surface area contributed by atoms with Crippen LogP contribution in [0.15, 0.2) is 61.2 Å². The van der Waals surface area contributed by atoms with Crippen molar-refractivity contribution in [3.05, 3.63) is 66.8 Å². The van der Waals surface area contributed by atoms with Crippen LogP contribution in [0.5, 0.6) is 0 Å². The standard InChI is InChI=1S/C16H20/c1-5-12-16(3,4)13-11-14(2)15-9-7-6-8-10-15/h5-13H,2H2,1,3-4H3/b12-5-,13-11-. The second kappa shape index (κ2) is 5.50. The summed E-state index contributed by atoms with van der Waals surface area (Å²) in [5, 5.41) is 0. The van der Waals surface area contributed by atoms with Crippen LogP contribution in [0.25, 0.3) is 5.57 Å². The average Bonchev–Trinajstić information content (AvgIpc) is 2.27. The van der Waals surface area contributed by atoms with Gasteiger partial charge in [-0.25, -0.2) is 0 Å². The molecule has 0 N–H and O–H groups in total. The van der Waals surface area contributed by atoms with Crippen LogP contribution in [0.2, 0.25) is 0 Å².